The number of amides is 2. The van der Waals surface area contributed by atoms with Crippen LogP contribution < -0.4 is 5.32 Å². The van der Waals surface area contributed by atoms with Gasteiger partial charge in [0.1, 0.15) is 11.9 Å². The van der Waals surface area contributed by atoms with Gasteiger partial charge in [-0.25, -0.2) is 0 Å². The van der Waals surface area contributed by atoms with Crippen LogP contribution in [0.1, 0.15) is 29.3 Å². The molecule has 0 aliphatic carbocycles. The van der Waals surface area contributed by atoms with Crippen molar-refractivity contribution in [1.82, 2.24) is 10.2 Å². The number of hydrogen-bond acceptors (Lipinski definition) is 7. The van der Waals surface area contributed by atoms with Crippen molar-refractivity contribution in [1.29, 1.82) is 5.41 Å². The maximum Gasteiger partial charge on any atom is 0.307 e. The summed E-state index contributed by atoms with van der Waals surface area (Å²) in [6.07, 6.45) is 0.0753. The Kier molecular flexibility index (Phi) is 9.29. The Bertz CT molecular complexity index is 1060. The van der Waals surface area contributed by atoms with E-state index >= 15 is 0 Å². The number of amidine groups is 1. The molecule has 0 saturated carbocycles. The Hall–Kier alpha value is -3.11. The van der Waals surface area contributed by atoms with E-state index in [0.29, 0.717) is 10.7 Å². The second-order valence-electron chi connectivity index (χ2n) is 7.54. The molecule has 2 aromatic rings. The highest BCUT2D eigenvalue weighted by Gasteiger charge is 2.39. The number of rotatable bonds is 9. The van der Waals surface area contributed by atoms with E-state index in [-0.39, 0.29) is 37.5 Å². The molecule has 3 rings (SSSR count). The number of thioether (sulfide) groups is 2. The van der Waals surface area contributed by atoms with Crippen LogP contribution in [0.15, 0.2) is 64.5 Å². The molecular weight excluding hydrogens is 472 g/mol. The lowest BCUT2D eigenvalue weighted by Gasteiger charge is -2.19. The molecule has 0 radical (unpaired) electrons. The van der Waals surface area contributed by atoms with Gasteiger partial charge in [0.2, 0.25) is 5.91 Å². The SMILES string of the molecule is CC1C(C(=O)NCCC(=O)OCc2ccccc2)SC(=NC(=O)c2ccc(SC=N)cc2)N1C. The predicted molar refractivity (Wildman–Crippen MR) is 135 cm³/mol. The first-order chi connectivity index (χ1) is 16.4. The molecule has 34 heavy (non-hydrogen) atoms. The summed E-state index contributed by atoms with van der Waals surface area (Å²) in [5.41, 5.74) is 2.56. The number of benzene rings is 2. The van der Waals surface area contributed by atoms with E-state index in [2.05, 4.69) is 10.3 Å². The summed E-state index contributed by atoms with van der Waals surface area (Å²) in [5, 5.41) is 9.92. The average Bonchev–Trinajstić information content (AvgIpc) is 3.12. The van der Waals surface area contributed by atoms with Crippen molar-refractivity contribution in [3.8, 4) is 0 Å². The molecule has 2 atom stereocenters. The lowest BCUT2D eigenvalue weighted by Crippen LogP contribution is -2.41. The predicted octanol–water partition coefficient (Wildman–Crippen LogP) is 3.57. The van der Waals surface area contributed by atoms with Gasteiger partial charge in [-0.1, -0.05) is 53.9 Å². The Morgan fingerprint density at radius 1 is 1.18 bits per heavy atom. The van der Waals surface area contributed by atoms with Crippen molar-refractivity contribution in [3.05, 3.63) is 65.7 Å². The molecule has 1 saturated heterocycles. The van der Waals surface area contributed by atoms with Crippen LogP contribution >= 0.6 is 23.5 Å². The number of nitrogens with one attached hydrogen (secondary N) is 2. The number of nitrogens with zero attached hydrogens (tertiary/aromatic N) is 2. The van der Waals surface area contributed by atoms with E-state index in [9.17, 15) is 14.4 Å². The quantitative estimate of drug-likeness (QED) is 0.235. The zero-order valence-electron chi connectivity index (χ0n) is 18.9. The van der Waals surface area contributed by atoms with Gasteiger partial charge in [0.15, 0.2) is 5.17 Å². The fraction of sp³-hybridized carbons (Fsp3) is 0.292. The van der Waals surface area contributed by atoms with Crippen LogP contribution in [0.4, 0.5) is 0 Å². The average molecular weight is 499 g/mol. The first-order valence-corrected chi connectivity index (χ1v) is 12.4. The van der Waals surface area contributed by atoms with E-state index < -0.39 is 11.2 Å². The van der Waals surface area contributed by atoms with Crippen molar-refractivity contribution in [2.24, 2.45) is 4.99 Å². The Morgan fingerprint density at radius 3 is 2.56 bits per heavy atom. The molecule has 2 unspecified atom stereocenters. The standard InChI is InChI=1S/C24H26N4O4S2/c1-16-21(23(31)26-13-12-20(29)32-14-17-6-4-3-5-7-17)34-24(28(16)2)27-22(30)18-8-10-19(11-9-18)33-15-25/h3-11,15-16,21,25H,12-14H2,1-2H3,(H,26,31). The van der Waals surface area contributed by atoms with Crippen molar-refractivity contribution < 1.29 is 19.1 Å². The summed E-state index contributed by atoms with van der Waals surface area (Å²) in [6, 6.07) is 16.1. The van der Waals surface area contributed by atoms with Crippen molar-refractivity contribution in [3.63, 3.8) is 0 Å². The maximum absolute atomic E-state index is 12.7. The minimum atomic E-state index is -0.455. The lowest BCUT2D eigenvalue weighted by molar-refractivity contribution is -0.144. The maximum atomic E-state index is 12.7. The molecule has 8 nitrogen and oxygen atoms in total. The third-order valence-corrected chi connectivity index (χ3v) is 7.32. The molecule has 2 N–H and O–H groups in total. The molecule has 1 fully saturated rings. The van der Waals surface area contributed by atoms with Gasteiger partial charge in [-0.05, 0) is 36.8 Å². The van der Waals surface area contributed by atoms with E-state index in [4.69, 9.17) is 10.1 Å². The Morgan fingerprint density at radius 2 is 1.88 bits per heavy atom. The molecular formula is C24H26N4O4S2. The van der Waals surface area contributed by atoms with Crippen molar-refractivity contribution in [2.45, 2.75) is 36.1 Å². The topological polar surface area (TPSA) is 112 Å². The van der Waals surface area contributed by atoms with Crippen molar-refractivity contribution in [2.75, 3.05) is 13.6 Å². The molecule has 1 aliphatic heterocycles. The fourth-order valence-electron chi connectivity index (χ4n) is 3.14. The molecule has 178 valence electrons. The minimum Gasteiger partial charge on any atom is -0.461 e. The van der Waals surface area contributed by atoms with Crippen LogP contribution in [0, 0.1) is 5.41 Å². The second-order valence-corrected chi connectivity index (χ2v) is 9.59. The fourth-order valence-corrected chi connectivity index (χ4v) is 4.84. The second kappa shape index (κ2) is 12.4. The zero-order chi connectivity index (χ0) is 24.5. The summed E-state index contributed by atoms with van der Waals surface area (Å²) in [6.45, 7) is 2.26. The van der Waals surface area contributed by atoms with Crippen LogP contribution in [0.25, 0.3) is 0 Å². The van der Waals surface area contributed by atoms with Gasteiger partial charge in [-0.3, -0.25) is 14.4 Å². The largest absolute Gasteiger partial charge is 0.461 e. The summed E-state index contributed by atoms with van der Waals surface area (Å²) in [7, 11) is 1.79. The molecule has 1 aliphatic rings. The summed E-state index contributed by atoms with van der Waals surface area (Å²) in [5.74, 6) is -0.993. The van der Waals surface area contributed by atoms with Gasteiger partial charge < -0.3 is 20.4 Å². The monoisotopic (exact) mass is 498 g/mol. The molecule has 0 bridgehead atoms. The number of ether oxygens (including phenoxy) is 1. The molecule has 10 heteroatoms. The molecule has 2 aromatic carbocycles. The number of esters is 1. The Labute approximate surface area is 207 Å². The first kappa shape index (κ1) is 25.5. The van der Waals surface area contributed by atoms with E-state index in [1.165, 1.54) is 29.1 Å². The van der Waals surface area contributed by atoms with E-state index in [0.717, 1.165) is 10.5 Å². The summed E-state index contributed by atoms with van der Waals surface area (Å²) >= 11 is 2.48. The summed E-state index contributed by atoms with van der Waals surface area (Å²) < 4.78 is 5.22. The van der Waals surface area contributed by atoms with Crippen LogP contribution in [-0.4, -0.2) is 58.3 Å². The highest BCUT2D eigenvalue weighted by molar-refractivity contribution is 8.15. The number of carbonyl (C=O) groups excluding carboxylic acids is 3. The summed E-state index contributed by atoms with van der Waals surface area (Å²) in [4.78, 5) is 44.1. The number of carbonyl (C=O) groups is 3. The lowest BCUT2D eigenvalue weighted by atomic mass is 10.2. The third-order valence-electron chi connectivity index (χ3n) is 5.21. The van der Waals surface area contributed by atoms with Gasteiger partial charge in [0.05, 0.1) is 12.0 Å². The van der Waals surface area contributed by atoms with Gasteiger partial charge in [-0.2, -0.15) is 4.99 Å². The molecule has 0 aromatic heterocycles. The van der Waals surface area contributed by atoms with Crippen LogP contribution in [0.3, 0.4) is 0 Å². The van der Waals surface area contributed by atoms with E-state index in [1.807, 2.05) is 37.3 Å². The minimum absolute atomic E-state index is 0.0753. The Balaban J connectivity index is 1.49. The van der Waals surface area contributed by atoms with Gasteiger partial charge in [0, 0.05) is 30.1 Å². The first-order valence-electron chi connectivity index (χ1n) is 10.6. The molecule has 2 amide bonds. The normalized spacial score (nSPS) is 18.5. The number of hydrogen-bond donors (Lipinski definition) is 2. The smallest absolute Gasteiger partial charge is 0.307 e. The third kappa shape index (κ3) is 6.94. The zero-order valence-corrected chi connectivity index (χ0v) is 20.5. The van der Waals surface area contributed by atoms with E-state index in [1.54, 1.807) is 36.2 Å². The van der Waals surface area contributed by atoms with Crippen LogP contribution in [0.5, 0.6) is 0 Å². The van der Waals surface area contributed by atoms with Gasteiger partial charge in [0.25, 0.3) is 5.91 Å². The highest BCUT2D eigenvalue weighted by atomic mass is 32.2. The number of aliphatic imine (C=N–C) groups is 1. The van der Waals surface area contributed by atoms with Crippen LogP contribution in [0.2, 0.25) is 0 Å². The molecule has 0 spiro atoms. The highest BCUT2D eigenvalue weighted by Crippen LogP contribution is 2.31. The van der Waals surface area contributed by atoms with Gasteiger partial charge >= 0.3 is 5.97 Å². The van der Waals surface area contributed by atoms with Crippen LogP contribution in [-0.2, 0) is 20.9 Å². The van der Waals surface area contributed by atoms with Crippen molar-refractivity contribution >= 4 is 52.0 Å². The molecule has 1 heterocycles. The van der Waals surface area contributed by atoms with Gasteiger partial charge in [-0.15, -0.1) is 0 Å².